The molecule has 5 heteroatoms. The fourth-order valence-electron chi connectivity index (χ4n) is 3.19. The zero-order chi connectivity index (χ0) is 20.2. The lowest BCUT2D eigenvalue weighted by Crippen LogP contribution is -2.03. The molecular formula is C24H20BrNO3. The highest BCUT2D eigenvalue weighted by Crippen LogP contribution is 2.35. The SMILES string of the molecule is CCOc1cc(/C=C2\C(=O)Nc3ccccc32)ccc1OCc1ccc(Br)cc1. The summed E-state index contributed by atoms with van der Waals surface area (Å²) in [5.74, 6) is 1.23. The quantitative estimate of drug-likeness (QED) is 0.475. The normalized spacial score (nSPS) is 13.9. The van der Waals surface area contributed by atoms with Gasteiger partial charge in [0.2, 0.25) is 0 Å². The van der Waals surface area contributed by atoms with Crippen LogP contribution in [-0.4, -0.2) is 12.5 Å². The predicted molar refractivity (Wildman–Crippen MR) is 119 cm³/mol. The Labute approximate surface area is 178 Å². The molecule has 1 heterocycles. The summed E-state index contributed by atoms with van der Waals surface area (Å²) in [5, 5.41) is 2.89. The van der Waals surface area contributed by atoms with Crippen LogP contribution in [0.1, 0.15) is 23.6 Å². The van der Waals surface area contributed by atoms with Gasteiger partial charge in [-0.1, -0.05) is 52.3 Å². The summed E-state index contributed by atoms with van der Waals surface area (Å²) in [6, 6.07) is 21.4. The van der Waals surface area contributed by atoms with Crippen molar-refractivity contribution in [1.82, 2.24) is 0 Å². The van der Waals surface area contributed by atoms with Gasteiger partial charge in [0, 0.05) is 21.3 Å². The van der Waals surface area contributed by atoms with Crippen LogP contribution in [0, 0.1) is 0 Å². The van der Waals surface area contributed by atoms with Crippen molar-refractivity contribution < 1.29 is 14.3 Å². The van der Waals surface area contributed by atoms with Crippen LogP contribution in [0.3, 0.4) is 0 Å². The maximum atomic E-state index is 12.4. The standard InChI is InChI=1S/C24H20BrNO3/c1-2-28-23-14-17(13-20-19-5-3-4-6-21(19)26-24(20)27)9-12-22(23)29-15-16-7-10-18(25)11-8-16/h3-14H,2,15H2,1H3,(H,26,27)/b20-13-. The van der Waals surface area contributed by atoms with Crippen LogP contribution < -0.4 is 14.8 Å². The van der Waals surface area contributed by atoms with Crippen molar-refractivity contribution in [1.29, 1.82) is 0 Å². The van der Waals surface area contributed by atoms with E-state index in [1.54, 1.807) is 0 Å². The molecule has 4 nitrogen and oxygen atoms in total. The Morgan fingerprint density at radius 2 is 1.76 bits per heavy atom. The van der Waals surface area contributed by atoms with Crippen molar-refractivity contribution in [3.05, 3.63) is 87.9 Å². The Hall–Kier alpha value is -3.05. The fraction of sp³-hybridized carbons (Fsp3) is 0.125. The van der Waals surface area contributed by atoms with E-state index in [0.717, 1.165) is 26.9 Å². The second kappa shape index (κ2) is 8.53. The van der Waals surface area contributed by atoms with Gasteiger partial charge in [0.15, 0.2) is 11.5 Å². The van der Waals surface area contributed by atoms with E-state index < -0.39 is 0 Å². The number of fused-ring (bicyclic) bond motifs is 1. The van der Waals surface area contributed by atoms with E-state index in [-0.39, 0.29) is 5.91 Å². The second-order valence-electron chi connectivity index (χ2n) is 6.61. The molecule has 0 fully saturated rings. The minimum Gasteiger partial charge on any atom is -0.490 e. The van der Waals surface area contributed by atoms with Gasteiger partial charge < -0.3 is 14.8 Å². The van der Waals surface area contributed by atoms with Crippen LogP contribution in [-0.2, 0) is 11.4 Å². The maximum absolute atomic E-state index is 12.4. The smallest absolute Gasteiger partial charge is 0.256 e. The number of rotatable bonds is 6. The van der Waals surface area contributed by atoms with Crippen LogP contribution >= 0.6 is 15.9 Å². The molecule has 0 radical (unpaired) electrons. The predicted octanol–water partition coefficient (Wildman–Crippen LogP) is 5.92. The van der Waals surface area contributed by atoms with Gasteiger partial charge >= 0.3 is 0 Å². The zero-order valence-corrected chi connectivity index (χ0v) is 17.5. The van der Waals surface area contributed by atoms with Crippen molar-refractivity contribution in [2.75, 3.05) is 11.9 Å². The Morgan fingerprint density at radius 1 is 0.966 bits per heavy atom. The second-order valence-corrected chi connectivity index (χ2v) is 7.53. The third-order valence-corrected chi connectivity index (χ3v) is 5.12. The van der Waals surface area contributed by atoms with Gasteiger partial charge in [-0.2, -0.15) is 0 Å². The molecular weight excluding hydrogens is 430 g/mol. The zero-order valence-electron chi connectivity index (χ0n) is 15.9. The average Bonchev–Trinajstić information content (AvgIpc) is 3.04. The summed E-state index contributed by atoms with van der Waals surface area (Å²) in [6.45, 7) is 2.91. The molecule has 146 valence electrons. The number of hydrogen-bond acceptors (Lipinski definition) is 3. The molecule has 0 saturated heterocycles. The average molecular weight is 450 g/mol. The lowest BCUT2D eigenvalue weighted by molar-refractivity contribution is -0.110. The fourth-order valence-corrected chi connectivity index (χ4v) is 3.46. The lowest BCUT2D eigenvalue weighted by atomic mass is 10.0. The highest BCUT2D eigenvalue weighted by Gasteiger charge is 2.23. The molecule has 3 aromatic rings. The molecule has 0 unspecified atom stereocenters. The number of para-hydroxylation sites is 1. The van der Waals surface area contributed by atoms with Crippen molar-refractivity contribution >= 4 is 39.2 Å². The minimum absolute atomic E-state index is 0.0975. The topological polar surface area (TPSA) is 47.6 Å². The molecule has 0 bridgehead atoms. The number of ether oxygens (including phenoxy) is 2. The molecule has 1 amide bonds. The summed E-state index contributed by atoms with van der Waals surface area (Å²) >= 11 is 3.44. The molecule has 4 rings (SSSR count). The van der Waals surface area contributed by atoms with E-state index in [1.807, 2.05) is 79.7 Å². The number of nitrogens with one attached hydrogen (secondary N) is 1. The number of carbonyl (C=O) groups is 1. The largest absolute Gasteiger partial charge is 0.490 e. The molecule has 1 aliphatic heterocycles. The van der Waals surface area contributed by atoms with Gasteiger partial charge in [0.25, 0.3) is 5.91 Å². The summed E-state index contributed by atoms with van der Waals surface area (Å²) in [4.78, 5) is 12.4. The molecule has 0 saturated carbocycles. The van der Waals surface area contributed by atoms with E-state index in [1.165, 1.54) is 0 Å². The van der Waals surface area contributed by atoms with Crippen molar-refractivity contribution in [3.8, 4) is 11.5 Å². The highest BCUT2D eigenvalue weighted by molar-refractivity contribution is 9.10. The molecule has 1 N–H and O–H groups in total. The molecule has 0 atom stereocenters. The first kappa shape index (κ1) is 19.3. The number of amides is 1. The molecule has 0 aliphatic carbocycles. The maximum Gasteiger partial charge on any atom is 0.256 e. The third kappa shape index (κ3) is 4.35. The lowest BCUT2D eigenvalue weighted by Gasteiger charge is -2.13. The van der Waals surface area contributed by atoms with E-state index in [9.17, 15) is 4.79 Å². The Balaban J connectivity index is 1.59. The number of halogens is 1. The van der Waals surface area contributed by atoms with Crippen LogP contribution in [0.2, 0.25) is 0 Å². The minimum atomic E-state index is -0.0975. The molecule has 0 spiro atoms. The summed E-state index contributed by atoms with van der Waals surface area (Å²) < 4.78 is 12.8. The monoisotopic (exact) mass is 449 g/mol. The first-order chi connectivity index (χ1) is 14.1. The van der Waals surface area contributed by atoms with Crippen molar-refractivity contribution in [2.24, 2.45) is 0 Å². The third-order valence-electron chi connectivity index (χ3n) is 4.60. The number of anilines is 1. The van der Waals surface area contributed by atoms with Crippen LogP contribution in [0.4, 0.5) is 5.69 Å². The first-order valence-electron chi connectivity index (χ1n) is 9.40. The summed E-state index contributed by atoms with van der Waals surface area (Å²) in [7, 11) is 0. The number of hydrogen-bond donors (Lipinski definition) is 1. The summed E-state index contributed by atoms with van der Waals surface area (Å²) in [5.41, 5.74) is 4.34. The van der Waals surface area contributed by atoms with E-state index in [2.05, 4.69) is 21.2 Å². The number of carbonyl (C=O) groups excluding carboxylic acids is 1. The van der Waals surface area contributed by atoms with Gasteiger partial charge in [-0.25, -0.2) is 0 Å². The Bertz CT molecular complexity index is 1070. The molecule has 29 heavy (non-hydrogen) atoms. The molecule has 1 aliphatic rings. The van der Waals surface area contributed by atoms with Gasteiger partial charge in [0.05, 0.1) is 6.61 Å². The van der Waals surface area contributed by atoms with Gasteiger partial charge in [-0.3, -0.25) is 4.79 Å². The highest BCUT2D eigenvalue weighted by atomic mass is 79.9. The summed E-state index contributed by atoms with van der Waals surface area (Å²) in [6.07, 6.45) is 1.88. The number of benzene rings is 3. The van der Waals surface area contributed by atoms with Gasteiger partial charge in [0.1, 0.15) is 6.61 Å². The van der Waals surface area contributed by atoms with Crippen molar-refractivity contribution in [3.63, 3.8) is 0 Å². The molecule has 3 aromatic carbocycles. The van der Waals surface area contributed by atoms with Crippen molar-refractivity contribution in [2.45, 2.75) is 13.5 Å². The Morgan fingerprint density at radius 3 is 2.55 bits per heavy atom. The van der Waals surface area contributed by atoms with Gasteiger partial charge in [-0.15, -0.1) is 0 Å². The van der Waals surface area contributed by atoms with E-state index >= 15 is 0 Å². The van der Waals surface area contributed by atoms with E-state index in [0.29, 0.717) is 30.3 Å². The van der Waals surface area contributed by atoms with Crippen LogP contribution in [0.15, 0.2) is 71.2 Å². The van der Waals surface area contributed by atoms with Crippen LogP contribution in [0.5, 0.6) is 11.5 Å². The molecule has 0 aromatic heterocycles. The van der Waals surface area contributed by atoms with Crippen LogP contribution in [0.25, 0.3) is 11.6 Å². The van der Waals surface area contributed by atoms with E-state index in [4.69, 9.17) is 9.47 Å². The first-order valence-corrected chi connectivity index (χ1v) is 10.2. The van der Waals surface area contributed by atoms with Gasteiger partial charge in [-0.05, 0) is 54.5 Å². The Kier molecular flexibility index (Phi) is 5.67.